The van der Waals surface area contributed by atoms with Crippen LogP contribution in [0, 0.1) is 0 Å². The Labute approximate surface area is 254 Å². The molecule has 7 heteroatoms. The molecule has 0 bridgehead atoms. The van der Waals surface area contributed by atoms with Gasteiger partial charge in [-0.15, -0.1) is 0 Å². The lowest BCUT2D eigenvalue weighted by molar-refractivity contribution is 0.0730. The number of hydrogen-bond donors (Lipinski definition) is 1. The predicted octanol–water partition coefficient (Wildman–Crippen LogP) is 6.20. The molecule has 0 aromatic heterocycles. The van der Waals surface area contributed by atoms with E-state index in [0.717, 1.165) is 60.7 Å². The van der Waals surface area contributed by atoms with Gasteiger partial charge in [-0.2, -0.15) is 0 Å². The topological polar surface area (TPSA) is 57.3 Å². The van der Waals surface area contributed by atoms with Crippen LogP contribution in [0.25, 0.3) is 0 Å². The molecule has 1 saturated heterocycles. The van der Waals surface area contributed by atoms with Crippen LogP contribution in [0.3, 0.4) is 0 Å². The van der Waals surface area contributed by atoms with Crippen molar-refractivity contribution >= 4 is 17.3 Å². The summed E-state index contributed by atoms with van der Waals surface area (Å²) in [7, 11) is 3.28. The lowest BCUT2D eigenvalue weighted by Crippen LogP contribution is -2.46. The molecule has 6 rings (SSSR count). The van der Waals surface area contributed by atoms with E-state index < -0.39 is 0 Å². The van der Waals surface area contributed by atoms with Crippen molar-refractivity contribution in [2.45, 2.75) is 26.1 Å². The molecule has 0 aliphatic carbocycles. The maximum absolute atomic E-state index is 14.2. The third kappa shape index (κ3) is 5.90. The molecule has 222 valence electrons. The molecule has 2 aliphatic rings. The van der Waals surface area contributed by atoms with Gasteiger partial charge in [-0.1, -0.05) is 61.5 Å². The lowest BCUT2D eigenvalue weighted by Gasteiger charge is -2.36. The first-order valence-electron chi connectivity index (χ1n) is 15.1. The van der Waals surface area contributed by atoms with Gasteiger partial charge in [0.15, 0.2) is 11.5 Å². The lowest BCUT2D eigenvalue weighted by atomic mass is 9.96. The number of likely N-dealkylation sites (N-methyl/N-ethyl adjacent to an activating group) is 1. The quantitative estimate of drug-likeness (QED) is 0.243. The van der Waals surface area contributed by atoms with Crippen LogP contribution in [0.4, 0.5) is 11.4 Å². The maximum atomic E-state index is 14.2. The van der Waals surface area contributed by atoms with Gasteiger partial charge in [0.25, 0.3) is 5.91 Å². The summed E-state index contributed by atoms with van der Waals surface area (Å²) >= 11 is 0. The zero-order chi connectivity index (χ0) is 29.8. The highest BCUT2D eigenvalue weighted by Crippen LogP contribution is 2.42. The second kappa shape index (κ2) is 12.8. The first-order chi connectivity index (χ1) is 21.1. The fourth-order valence-corrected chi connectivity index (χ4v) is 6.34. The molecule has 2 aliphatic heterocycles. The van der Waals surface area contributed by atoms with E-state index in [-0.39, 0.29) is 11.9 Å². The highest BCUT2D eigenvalue weighted by atomic mass is 16.5. The van der Waals surface area contributed by atoms with Gasteiger partial charge in [-0.3, -0.25) is 4.79 Å². The number of rotatable bonds is 10. The number of carbonyl (C=O) groups is 1. The number of benzene rings is 4. The number of nitrogens with one attached hydrogen (secondary N) is 1. The van der Waals surface area contributed by atoms with Crippen molar-refractivity contribution in [2.24, 2.45) is 0 Å². The molecule has 7 nitrogen and oxygen atoms in total. The molecule has 1 amide bonds. The van der Waals surface area contributed by atoms with Gasteiger partial charge in [-0.05, 0) is 59.6 Å². The SMILES string of the molecule is CCN1CCN(c2cccc3c2CN(C(c2cccc(NCc4ccccc4)c2)c2ccc(OC)c(OC)c2)C3=O)CC1. The third-order valence-corrected chi connectivity index (χ3v) is 8.71. The number of fused-ring (bicyclic) bond motifs is 1. The number of carbonyl (C=O) groups excluding carboxylic acids is 1. The van der Waals surface area contributed by atoms with E-state index >= 15 is 0 Å². The number of piperazine rings is 1. The van der Waals surface area contributed by atoms with Crippen LogP contribution in [0.1, 0.15) is 45.6 Å². The van der Waals surface area contributed by atoms with Gasteiger partial charge in [0.05, 0.1) is 20.3 Å². The Hall–Kier alpha value is -4.49. The standard InChI is InChI=1S/C36H40N4O3/c1-4-38-18-20-39(21-19-38)32-15-9-14-30-31(32)25-40(36(30)41)35(28-16-17-33(42-2)34(23-28)43-3)27-12-8-13-29(22-27)37-24-26-10-6-5-7-11-26/h5-17,22-23,35,37H,4,18-21,24-25H2,1-3H3. The first kappa shape index (κ1) is 28.6. The normalized spacial score (nSPS) is 15.7. The molecule has 2 heterocycles. The largest absolute Gasteiger partial charge is 0.493 e. The maximum Gasteiger partial charge on any atom is 0.255 e. The highest BCUT2D eigenvalue weighted by Gasteiger charge is 2.37. The van der Waals surface area contributed by atoms with Gasteiger partial charge >= 0.3 is 0 Å². The summed E-state index contributed by atoms with van der Waals surface area (Å²) in [5.74, 6) is 1.35. The number of methoxy groups -OCH3 is 2. The molecule has 0 saturated carbocycles. The van der Waals surface area contributed by atoms with Crippen molar-refractivity contribution in [2.75, 3.05) is 57.2 Å². The highest BCUT2D eigenvalue weighted by molar-refractivity contribution is 6.00. The Balaban J connectivity index is 1.36. The van der Waals surface area contributed by atoms with Crippen molar-refractivity contribution in [3.05, 3.63) is 119 Å². The monoisotopic (exact) mass is 576 g/mol. The Morgan fingerprint density at radius 1 is 0.791 bits per heavy atom. The summed E-state index contributed by atoms with van der Waals surface area (Å²) < 4.78 is 11.2. The van der Waals surface area contributed by atoms with Crippen LogP contribution in [-0.4, -0.2) is 62.7 Å². The van der Waals surface area contributed by atoms with Gasteiger partial charge < -0.3 is 29.5 Å². The molecule has 4 aromatic rings. The van der Waals surface area contributed by atoms with Gasteiger partial charge in [0, 0.05) is 61.8 Å². The van der Waals surface area contributed by atoms with Gasteiger partial charge in [0.2, 0.25) is 0 Å². The van der Waals surface area contributed by atoms with E-state index in [0.29, 0.717) is 24.6 Å². The second-order valence-corrected chi connectivity index (χ2v) is 11.1. The Kier molecular flexibility index (Phi) is 8.52. The van der Waals surface area contributed by atoms with Crippen LogP contribution in [0.15, 0.2) is 91.0 Å². The van der Waals surface area contributed by atoms with Crippen LogP contribution in [0.2, 0.25) is 0 Å². The summed E-state index contributed by atoms with van der Waals surface area (Å²) in [5, 5.41) is 3.57. The van der Waals surface area contributed by atoms with Gasteiger partial charge in [-0.25, -0.2) is 0 Å². The summed E-state index contributed by atoms with van der Waals surface area (Å²) in [6.07, 6.45) is 0. The molecule has 1 N–H and O–H groups in total. The van der Waals surface area contributed by atoms with Crippen LogP contribution < -0.4 is 19.7 Å². The molecule has 1 atom stereocenters. The van der Waals surface area contributed by atoms with Crippen molar-refractivity contribution in [3.8, 4) is 11.5 Å². The van der Waals surface area contributed by atoms with E-state index in [1.54, 1.807) is 14.2 Å². The number of amides is 1. The van der Waals surface area contributed by atoms with Crippen LogP contribution >= 0.6 is 0 Å². The Morgan fingerprint density at radius 3 is 2.28 bits per heavy atom. The summed E-state index contributed by atoms with van der Waals surface area (Å²) in [4.78, 5) is 21.1. The summed E-state index contributed by atoms with van der Waals surface area (Å²) in [6, 6.07) is 30.6. The average molecular weight is 577 g/mol. The second-order valence-electron chi connectivity index (χ2n) is 11.1. The van der Waals surface area contributed by atoms with Crippen molar-refractivity contribution in [1.29, 1.82) is 0 Å². The molecular formula is C36H40N4O3. The van der Waals surface area contributed by atoms with E-state index in [1.807, 2.05) is 41.3 Å². The number of anilines is 2. The summed E-state index contributed by atoms with van der Waals surface area (Å²) in [6.45, 7) is 8.54. The minimum absolute atomic E-state index is 0.0477. The molecular weight excluding hydrogens is 536 g/mol. The van der Waals surface area contributed by atoms with E-state index in [9.17, 15) is 4.79 Å². The van der Waals surface area contributed by atoms with Gasteiger partial charge in [0.1, 0.15) is 0 Å². The molecule has 1 fully saturated rings. The molecule has 1 unspecified atom stereocenters. The molecule has 0 spiro atoms. The third-order valence-electron chi connectivity index (χ3n) is 8.71. The van der Waals surface area contributed by atoms with Crippen molar-refractivity contribution in [1.82, 2.24) is 9.80 Å². The minimum Gasteiger partial charge on any atom is -0.493 e. The van der Waals surface area contributed by atoms with Crippen molar-refractivity contribution < 1.29 is 14.3 Å². The average Bonchev–Trinajstić information content (AvgIpc) is 3.40. The van der Waals surface area contributed by atoms with Crippen LogP contribution in [0.5, 0.6) is 11.5 Å². The first-order valence-corrected chi connectivity index (χ1v) is 15.1. The number of hydrogen-bond acceptors (Lipinski definition) is 6. The Morgan fingerprint density at radius 2 is 1.53 bits per heavy atom. The minimum atomic E-state index is -0.317. The van der Waals surface area contributed by atoms with E-state index in [2.05, 4.69) is 76.6 Å². The number of ether oxygens (including phenoxy) is 2. The summed E-state index contributed by atoms with van der Waals surface area (Å²) in [5.41, 5.74) is 7.29. The molecule has 43 heavy (non-hydrogen) atoms. The van der Waals surface area contributed by atoms with E-state index in [1.165, 1.54) is 11.3 Å². The smallest absolute Gasteiger partial charge is 0.255 e. The number of nitrogens with zero attached hydrogens (tertiary/aromatic N) is 3. The zero-order valence-corrected chi connectivity index (χ0v) is 25.3. The van der Waals surface area contributed by atoms with Crippen molar-refractivity contribution in [3.63, 3.8) is 0 Å². The molecule has 0 radical (unpaired) electrons. The fourth-order valence-electron chi connectivity index (χ4n) is 6.34. The predicted molar refractivity (Wildman–Crippen MR) is 172 cm³/mol. The molecule has 4 aromatic carbocycles. The Bertz CT molecular complexity index is 1570. The fraction of sp³-hybridized carbons (Fsp3) is 0.306. The zero-order valence-electron chi connectivity index (χ0n) is 25.3. The van der Waals surface area contributed by atoms with Crippen LogP contribution in [-0.2, 0) is 13.1 Å². The van der Waals surface area contributed by atoms with E-state index in [4.69, 9.17) is 9.47 Å².